The van der Waals surface area contributed by atoms with E-state index >= 15 is 0 Å². The standard InChI is InChI=1S/C20H21FO4/c1-2-24-20(23)11-5-10-19(22)16-7-4-9-18(13-16)25-14-15-6-3-8-17(21)12-15/h3-4,6-9,12-13H,2,5,10-11,14H2,1H3. The van der Waals surface area contributed by atoms with Crippen molar-refractivity contribution in [3.63, 3.8) is 0 Å². The second kappa shape index (κ2) is 9.57. The van der Waals surface area contributed by atoms with Gasteiger partial charge in [-0.3, -0.25) is 9.59 Å². The van der Waals surface area contributed by atoms with Gasteiger partial charge >= 0.3 is 5.97 Å². The first-order valence-corrected chi connectivity index (χ1v) is 8.24. The van der Waals surface area contributed by atoms with Gasteiger partial charge in [-0.1, -0.05) is 24.3 Å². The van der Waals surface area contributed by atoms with Crippen molar-refractivity contribution in [2.75, 3.05) is 6.61 Å². The van der Waals surface area contributed by atoms with Crippen LogP contribution in [0.2, 0.25) is 0 Å². The quantitative estimate of drug-likeness (QED) is 0.502. The molecule has 0 atom stereocenters. The molecule has 2 aromatic rings. The highest BCUT2D eigenvalue weighted by molar-refractivity contribution is 5.96. The Balaban J connectivity index is 1.87. The van der Waals surface area contributed by atoms with Crippen LogP contribution in [0.3, 0.4) is 0 Å². The van der Waals surface area contributed by atoms with Gasteiger partial charge in [-0.15, -0.1) is 0 Å². The minimum absolute atomic E-state index is 0.0551. The molecule has 0 amide bonds. The molecule has 0 heterocycles. The second-order valence-corrected chi connectivity index (χ2v) is 5.53. The van der Waals surface area contributed by atoms with Crippen LogP contribution in [-0.2, 0) is 16.1 Å². The van der Waals surface area contributed by atoms with E-state index in [4.69, 9.17) is 9.47 Å². The van der Waals surface area contributed by atoms with Crippen LogP contribution in [-0.4, -0.2) is 18.4 Å². The molecule has 0 aromatic heterocycles. The Morgan fingerprint density at radius 1 is 1.04 bits per heavy atom. The van der Waals surface area contributed by atoms with Gasteiger partial charge in [0.25, 0.3) is 0 Å². The van der Waals surface area contributed by atoms with E-state index in [1.807, 2.05) is 0 Å². The Kier molecular flexibility index (Phi) is 7.14. The molecule has 2 aromatic carbocycles. The molecule has 0 aliphatic heterocycles. The van der Waals surface area contributed by atoms with Crippen molar-refractivity contribution in [3.8, 4) is 5.75 Å². The fourth-order valence-electron chi connectivity index (χ4n) is 2.32. The third-order valence-electron chi connectivity index (χ3n) is 3.54. The average Bonchev–Trinajstić information content (AvgIpc) is 2.60. The second-order valence-electron chi connectivity index (χ2n) is 5.53. The highest BCUT2D eigenvalue weighted by atomic mass is 19.1. The molecule has 0 N–H and O–H groups in total. The van der Waals surface area contributed by atoms with Crippen molar-refractivity contribution in [2.45, 2.75) is 32.8 Å². The zero-order valence-corrected chi connectivity index (χ0v) is 14.2. The molecule has 0 aliphatic rings. The SMILES string of the molecule is CCOC(=O)CCCC(=O)c1cccc(OCc2cccc(F)c2)c1. The molecule has 25 heavy (non-hydrogen) atoms. The van der Waals surface area contributed by atoms with Crippen molar-refractivity contribution in [1.29, 1.82) is 0 Å². The topological polar surface area (TPSA) is 52.6 Å². The average molecular weight is 344 g/mol. The summed E-state index contributed by atoms with van der Waals surface area (Å²) in [7, 11) is 0. The lowest BCUT2D eigenvalue weighted by Crippen LogP contribution is -2.06. The number of halogens is 1. The molecule has 132 valence electrons. The van der Waals surface area contributed by atoms with Crippen molar-refractivity contribution >= 4 is 11.8 Å². The van der Waals surface area contributed by atoms with Gasteiger partial charge in [0, 0.05) is 18.4 Å². The molecule has 0 bridgehead atoms. The summed E-state index contributed by atoms with van der Waals surface area (Å²) in [5.41, 5.74) is 1.24. The summed E-state index contributed by atoms with van der Waals surface area (Å²) in [6.45, 7) is 2.31. The van der Waals surface area contributed by atoms with Crippen LogP contribution in [0.25, 0.3) is 0 Å². The molecule has 0 saturated heterocycles. The van der Waals surface area contributed by atoms with Crippen molar-refractivity contribution in [3.05, 3.63) is 65.5 Å². The van der Waals surface area contributed by atoms with Crippen LogP contribution in [0, 0.1) is 5.82 Å². The zero-order valence-electron chi connectivity index (χ0n) is 14.2. The lowest BCUT2D eigenvalue weighted by Gasteiger charge is -2.08. The Bertz CT molecular complexity index is 727. The molecule has 0 spiro atoms. The molecule has 4 nitrogen and oxygen atoms in total. The number of esters is 1. The number of hydrogen-bond donors (Lipinski definition) is 0. The smallest absolute Gasteiger partial charge is 0.305 e. The van der Waals surface area contributed by atoms with E-state index in [-0.39, 0.29) is 37.0 Å². The van der Waals surface area contributed by atoms with Gasteiger partial charge in [-0.25, -0.2) is 4.39 Å². The maximum absolute atomic E-state index is 13.2. The molecule has 0 aliphatic carbocycles. The number of hydrogen-bond acceptors (Lipinski definition) is 4. The van der Waals surface area contributed by atoms with E-state index in [9.17, 15) is 14.0 Å². The highest BCUT2D eigenvalue weighted by Gasteiger charge is 2.09. The van der Waals surface area contributed by atoms with E-state index < -0.39 is 0 Å². The van der Waals surface area contributed by atoms with Gasteiger partial charge in [0.15, 0.2) is 5.78 Å². The van der Waals surface area contributed by atoms with Gasteiger partial charge < -0.3 is 9.47 Å². The maximum Gasteiger partial charge on any atom is 0.305 e. The number of carbonyl (C=O) groups is 2. The maximum atomic E-state index is 13.2. The summed E-state index contributed by atoms with van der Waals surface area (Å²) in [6, 6.07) is 13.0. The van der Waals surface area contributed by atoms with Crippen molar-refractivity contribution in [1.82, 2.24) is 0 Å². The number of carbonyl (C=O) groups excluding carboxylic acids is 2. The fourth-order valence-corrected chi connectivity index (χ4v) is 2.32. The summed E-state index contributed by atoms with van der Waals surface area (Å²) in [5, 5.41) is 0. The molecular weight excluding hydrogens is 323 g/mol. The first-order chi connectivity index (χ1) is 12.1. The van der Waals surface area contributed by atoms with E-state index in [0.29, 0.717) is 29.9 Å². The van der Waals surface area contributed by atoms with Gasteiger partial charge in [-0.2, -0.15) is 0 Å². The molecule has 5 heteroatoms. The van der Waals surface area contributed by atoms with E-state index in [1.54, 1.807) is 43.3 Å². The zero-order chi connectivity index (χ0) is 18.1. The van der Waals surface area contributed by atoms with Crippen LogP contribution in [0.5, 0.6) is 5.75 Å². The Hall–Kier alpha value is -2.69. The number of Topliss-reactive ketones (excluding diaryl/α,β-unsaturated/α-hetero) is 1. The third kappa shape index (κ3) is 6.37. The molecule has 2 rings (SSSR count). The van der Waals surface area contributed by atoms with Gasteiger partial charge in [-0.05, 0) is 43.2 Å². The number of ketones is 1. The van der Waals surface area contributed by atoms with Gasteiger partial charge in [0.05, 0.1) is 6.61 Å². The predicted octanol–water partition coefficient (Wildman–Crippen LogP) is 4.32. The minimum atomic E-state index is -0.313. The van der Waals surface area contributed by atoms with Crippen LogP contribution in [0.4, 0.5) is 4.39 Å². The lowest BCUT2D eigenvalue weighted by molar-refractivity contribution is -0.143. The first-order valence-electron chi connectivity index (χ1n) is 8.24. The molecule has 0 fully saturated rings. The largest absolute Gasteiger partial charge is 0.489 e. The summed E-state index contributed by atoms with van der Waals surface area (Å²) in [6.07, 6.45) is 0.952. The fraction of sp³-hybridized carbons (Fsp3) is 0.300. The summed E-state index contributed by atoms with van der Waals surface area (Å²) >= 11 is 0. The minimum Gasteiger partial charge on any atom is -0.489 e. The number of benzene rings is 2. The lowest BCUT2D eigenvalue weighted by atomic mass is 10.1. The van der Waals surface area contributed by atoms with E-state index in [1.165, 1.54) is 12.1 Å². The summed E-state index contributed by atoms with van der Waals surface area (Å²) in [5.74, 6) is -0.116. The molecule has 0 radical (unpaired) electrons. The monoisotopic (exact) mass is 344 g/mol. The summed E-state index contributed by atoms with van der Waals surface area (Å²) in [4.78, 5) is 23.5. The third-order valence-corrected chi connectivity index (χ3v) is 3.54. The van der Waals surface area contributed by atoms with Gasteiger partial charge in [0.1, 0.15) is 18.2 Å². The van der Waals surface area contributed by atoms with E-state index in [0.717, 1.165) is 0 Å². The van der Waals surface area contributed by atoms with Crippen LogP contribution in [0.15, 0.2) is 48.5 Å². The van der Waals surface area contributed by atoms with Crippen LogP contribution in [0.1, 0.15) is 42.1 Å². The van der Waals surface area contributed by atoms with Crippen molar-refractivity contribution in [2.24, 2.45) is 0 Å². The van der Waals surface area contributed by atoms with Gasteiger partial charge in [0.2, 0.25) is 0 Å². The molecular formula is C20H21FO4. The molecule has 0 unspecified atom stereocenters. The first kappa shape index (κ1) is 18.6. The number of ether oxygens (including phenoxy) is 2. The Labute approximate surface area is 146 Å². The van der Waals surface area contributed by atoms with Crippen LogP contribution >= 0.6 is 0 Å². The molecule has 0 saturated carbocycles. The van der Waals surface area contributed by atoms with Crippen LogP contribution < -0.4 is 4.74 Å². The van der Waals surface area contributed by atoms with Crippen molar-refractivity contribution < 1.29 is 23.5 Å². The normalized spacial score (nSPS) is 10.3. The number of rotatable bonds is 9. The highest BCUT2D eigenvalue weighted by Crippen LogP contribution is 2.17. The summed E-state index contributed by atoms with van der Waals surface area (Å²) < 4.78 is 23.6. The predicted molar refractivity (Wildman–Crippen MR) is 92.0 cm³/mol. The Morgan fingerprint density at radius 3 is 2.60 bits per heavy atom. The Morgan fingerprint density at radius 2 is 1.84 bits per heavy atom. The van der Waals surface area contributed by atoms with E-state index in [2.05, 4.69) is 0 Å².